The van der Waals surface area contributed by atoms with Gasteiger partial charge in [-0.05, 0) is 51.8 Å². The summed E-state index contributed by atoms with van der Waals surface area (Å²) >= 11 is 3.21. The molecule has 0 saturated carbocycles. The van der Waals surface area contributed by atoms with Crippen molar-refractivity contribution in [3.63, 3.8) is 0 Å². The molecule has 5 nitrogen and oxygen atoms in total. The topological polar surface area (TPSA) is 57.7 Å². The van der Waals surface area contributed by atoms with Crippen LogP contribution in [0.4, 0.5) is 0 Å². The smallest absolute Gasteiger partial charge is 0.336 e. The Kier molecular flexibility index (Phi) is 5.55. The number of hydrogen-bond donors (Lipinski definition) is 0. The number of pyridine rings is 1. The first-order valence-electron chi connectivity index (χ1n) is 6.36. The molecule has 0 amide bonds. The second-order valence-corrected chi connectivity index (χ2v) is 4.94. The van der Waals surface area contributed by atoms with Gasteiger partial charge in [0.25, 0.3) is 0 Å². The van der Waals surface area contributed by atoms with Gasteiger partial charge >= 0.3 is 5.97 Å². The molecule has 114 valence electrons. The van der Waals surface area contributed by atoms with Crippen molar-refractivity contribution in [2.24, 2.45) is 0 Å². The Morgan fingerprint density at radius 2 is 1.86 bits per heavy atom. The lowest BCUT2D eigenvalue weighted by Gasteiger charge is -2.06. The number of carbonyl (C=O) groups excluding carboxylic acids is 1. The van der Waals surface area contributed by atoms with Crippen LogP contribution in [0.1, 0.15) is 5.56 Å². The molecule has 22 heavy (non-hydrogen) atoms. The highest BCUT2D eigenvalue weighted by atomic mass is 79.9. The second-order valence-electron chi connectivity index (χ2n) is 4.19. The van der Waals surface area contributed by atoms with E-state index >= 15 is 0 Å². The van der Waals surface area contributed by atoms with Gasteiger partial charge in [-0.1, -0.05) is 0 Å². The molecule has 0 aliphatic heterocycles. The number of nitrogens with zero attached hydrogens (tertiary/aromatic N) is 1. The van der Waals surface area contributed by atoms with Gasteiger partial charge in [0.15, 0.2) is 5.75 Å². The summed E-state index contributed by atoms with van der Waals surface area (Å²) in [7, 11) is 3.13. The SMILES string of the molecule is COc1cc(C=CC(=O)Oc2cccnc2Br)cc(OC)c1. The van der Waals surface area contributed by atoms with Gasteiger partial charge in [-0.3, -0.25) is 0 Å². The highest BCUT2D eigenvalue weighted by molar-refractivity contribution is 9.10. The lowest BCUT2D eigenvalue weighted by molar-refractivity contribution is -0.128. The van der Waals surface area contributed by atoms with Crippen molar-refractivity contribution < 1.29 is 19.0 Å². The fraction of sp³-hybridized carbons (Fsp3) is 0.125. The van der Waals surface area contributed by atoms with Crippen LogP contribution in [-0.2, 0) is 4.79 Å². The van der Waals surface area contributed by atoms with Crippen molar-refractivity contribution in [3.05, 3.63) is 52.8 Å². The second kappa shape index (κ2) is 7.61. The van der Waals surface area contributed by atoms with Gasteiger partial charge in [0.2, 0.25) is 0 Å². The van der Waals surface area contributed by atoms with Crippen LogP contribution in [0.2, 0.25) is 0 Å². The van der Waals surface area contributed by atoms with E-state index in [0.717, 1.165) is 5.56 Å². The molecule has 6 heteroatoms. The van der Waals surface area contributed by atoms with Gasteiger partial charge in [-0.25, -0.2) is 9.78 Å². The zero-order chi connectivity index (χ0) is 15.9. The van der Waals surface area contributed by atoms with Gasteiger partial charge in [0, 0.05) is 18.3 Å². The van der Waals surface area contributed by atoms with Crippen LogP contribution in [0.25, 0.3) is 6.08 Å². The van der Waals surface area contributed by atoms with Crippen molar-refractivity contribution in [1.82, 2.24) is 4.98 Å². The van der Waals surface area contributed by atoms with Crippen molar-refractivity contribution in [2.45, 2.75) is 0 Å². The summed E-state index contributed by atoms with van der Waals surface area (Å²) in [5.41, 5.74) is 0.762. The maximum absolute atomic E-state index is 11.8. The van der Waals surface area contributed by atoms with E-state index in [1.165, 1.54) is 6.08 Å². The Bertz CT molecular complexity index is 678. The van der Waals surface area contributed by atoms with E-state index in [1.807, 2.05) is 0 Å². The Morgan fingerprint density at radius 1 is 1.18 bits per heavy atom. The average molecular weight is 364 g/mol. The summed E-state index contributed by atoms with van der Waals surface area (Å²) in [6.45, 7) is 0. The minimum absolute atomic E-state index is 0.361. The number of halogens is 1. The van der Waals surface area contributed by atoms with Crippen LogP contribution >= 0.6 is 15.9 Å². The van der Waals surface area contributed by atoms with E-state index in [1.54, 1.807) is 56.8 Å². The monoisotopic (exact) mass is 363 g/mol. The third kappa shape index (κ3) is 4.33. The van der Waals surface area contributed by atoms with E-state index in [-0.39, 0.29) is 0 Å². The van der Waals surface area contributed by atoms with Gasteiger partial charge in [-0.2, -0.15) is 0 Å². The predicted octanol–water partition coefficient (Wildman–Crippen LogP) is 3.48. The summed E-state index contributed by atoms with van der Waals surface area (Å²) in [4.78, 5) is 15.8. The summed E-state index contributed by atoms with van der Waals surface area (Å²) < 4.78 is 16.0. The maximum atomic E-state index is 11.8. The highest BCUT2D eigenvalue weighted by Crippen LogP contribution is 2.24. The number of esters is 1. The number of aromatic nitrogens is 1. The third-order valence-corrected chi connectivity index (χ3v) is 3.32. The predicted molar refractivity (Wildman–Crippen MR) is 86.2 cm³/mol. The summed E-state index contributed by atoms with van der Waals surface area (Å²) in [5, 5.41) is 0. The normalized spacial score (nSPS) is 10.5. The number of rotatable bonds is 5. The molecule has 0 saturated heterocycles. The summed E-state index contributed by atoms with van der Waals surface area (Å²) in [6, 6.07) is 8.66. The molecular formula is C16H14BrNO4. The first-order chi connectivity index (χ1) is 10.6. The van der Waals surface area contributed by atoms with E-state index in [4.69, 9.17) is 14.2 Å². The van der Waals surface area contributed by atoms with Gasteiger partial charge < -0.3 is 14.2 Å². The van der Waals surface area contributed by atoms with E-state index in [0.29, 0.717) is 21.9 Å². The molecule has 1 heterocycles. The number of ether oxygens (including phenoxy) is 3. The number of carbonyl (C=O) groups is 1. The molecule has 0 aliphatic rings. The Morgan fingerprint density at radius 3 is 2.45 bits per heavy atom. The summed E-state index contributed by atoms with van der Waals surface area (Å²) in [5.74, 6) is 1.14. The van der Waals surface area contributed by atoms with Crippen molar-refractivity contribution in [3.8, 4) is 17.2 Å². The van der Waals surface area contributed by atoms with Crippen LogP contribution in [0.3, 0.4) is 0 Å². The number of hydrogen-bond acceptors (Lipinski definition) is 5. The van der Waals surface area contributed by atoms with Crippen molar-refractivity contribution >= 4 is 28.0 Å². The van der Waals surface area contributed by atoms with E-state index in [2.05, 4.69) is 20.9 Å². The zero-order valence-corrected chi connectivity index (χ0v) is 13.7. The summed E-state index contributed by atoms with van der Waals surface area (Å²) in [6.07, 6.45) is 4.55. The number of benzene rings is 1. The minimum atomic E-state index is -0.504. The van der Waals surface area contributed by atoms with Crippen LogP contribution in [0, 0.1) is 0 Å². The van der Waals surface area contributed by atoms with Crippen molar-refractivity contribution in [2.75, 3.05) is 14.2 Å². The zero-order valence-electron chi connectivity index (χ0n) is 12.1. The standard InChI is InChI=1S/C16H14BrNO4/c1-20-12-8-11(9-13(10-12)21-2)5-6-15(19)22-14-4-3-7-18-16(14)17/h3-10H,1-2H3. The maximum Gasteiger partial charge on any atom is 0.336 e. The quantitative estimate of drug-likeness (QED) is 0.462. The molecule has 0 aliphatic carbocycles. The third-order valence-electron chi connectivity index (χ3n) is 2.72. The first kappa shape index (κ1) is 16.0. The molecule has 0 unspecified atom stereocenters. The molecule has 1 aromatic carbocycles. The molecule has 0 fully saturated rings. The van der Waals surface area contributed by atoms with Crippen LogP contribution < -0.4 is 14.2 Å². The van der Waals surface area contributed by atoms with Crippen LogP contribution in [0.5, 0.6) is 17.2 Å². The molecule has 0 atom stereocenters. The van der Waals surface area contributed by atoms with Gasteiger partial charge in [-0.15, -0.1) is 0 Å². The molecule has 0 N–H and O–H groups in total. The molecule has 0 bridgehead atoms. The molecule has 2 aromatic rings. The van der Waals surface area contributed by atoms with E-state index < -0.39 is 5.97 Å². The molecular weight excluding hydrogens is 350 g/mol. The Labute approximate surface area is 136 Å². The molecule has 0 spiro atoms. The molecule has 0 radical (unpaired) electrons. The minimum Gasteiger partial charge on any atom is -0.497 e. The average Bonchev–Trinajstić information content (AvgIpc) is 2.54. The Balaban J connectivity index is 2.11. The van der Waals surface area contributed by atoms with Crippen molar-refractivity contribution in [1.29, 1.82) is 0 Å². The fourth-order valence-electron chi connectivity index (χ4n) is 1.68. The van der Waals surface area contributed by atoms with Crippen LogP contribution in [-0.4, -0.2) is 25.2 Å². The number of methoxy groups -OCH3 is 2. The first-order valence-corrected chi connectivity index (χ1v) is 7.15. The lowest BCUT2D eigenvalue weighted by atomic mass is 10.2. The Hall–Kier alpha value is -2.34. The van der Waals surface area contributed by atoms with E-state index in [9.17, 15) is 4.79 Å². The van der Waals surface area contributed by atoms with Gasteiger partial charge in [0.1, 0.15) is 16.1 Å². The highest BCUT2D eigenvalue weighted by Gasteiger charge is 2.06. The fourth-order valence-corrected chi connectivity index (χ4v) is 2.01. The van der Waals surface area contributed by atoms with Crippen LogP contribution in [0.15, 0.2) is 47.2 Å². The van der Waals surface area contributed by atoms with Gasteiger partial charge in [0.05, 0.1) is 14.2 Å². The lowest BCUT2D eigenvalue weighted by Crippen LogP contribution is -2.04. The molecule has 2 rings (SSSR count). The largest absolute Gasteiger partial charge is 0.497 e. The molecule has 1 aromatic heterocycles.